The summed E-state index contributed by atoms with van der Waals surface area (Å²) in [7, 11) is 0. The van der Waals surface area contributed by atoms with Gasteiger partial charge in [-0.15, -0.1) is 0 Å². The quantitative estimate of drug-likeness (QED) is 0.605. The van der Waals surface area contributed by atoms with Crippen molar-refractivity contribution in [1.29, 1.82) is 0 Å². The predicted octanol–water partition coefficient (Wildman–Crippen LogP) is 2.31. The Morgan fingerprint density at radius 1 is 1.14 bits per heavy atom. The summed E-state index contributed by atoms with van der Waals surface area (Å²) in [6.07, 6.45) is 1.15. The Kier molecular flexibility index (Phi) is 2.33. The summed E-state index contributed by atoms with van der Waals surface area (Å²) in [6.45, 7) is 0.407. The number of carbonyl (C=O) groups is 1. The highest BCUT2D eigenvalue weighted by Crippen LogP contribution is 2.43. The molecule has 0 bridgehead atoms. The van der Waals surface area contributed by atoms with Gasteiger partial charge in [-0.25, -0.2) is 8.78 Å². The van der Waals surface area contributed by atoms with Crippen LogP contribution in [0.15, 0.2) is 0 Å². The van der Waals surface area contributed by atoms with E-state index in [1.54, 1.807) is 0 Å². The van der Waals surface area contributed by atoms with E-state index in [-0.39, 0.29) is 18.6 Å². The third-order valence-corrected chi connectivity index (χ3v) is 3.20. The molecule has 4 heteroatoms. The maximum atomic E-state index is 12.9. The summed E-state index contributed by atoms with van der Waals surface area (Å²) in [5.41, 5.74) is -0.545. The van der Waals surface area contributed by atoms with E-state index in [1.165, 1.54) is 0 Å². The summed E-state index contributed by atoms with van der Waals surface area (Å²) >= 11 is 0. The Bertz CT molecular complexity index is 241. The maximum absolute atomic E-state index is 12.9. The number of ketones is 1. The zero-order valence-corrected chi connectivity index (χ0v) is 8.02. The van der Waals surface area contributed by atoms with E-state index in [2.05, 4.69) is 0 Å². The van der Waals surface area contributed by atoms with E-state index >= 15 is 0 Å². The number of hydrogen-bond acceptors (Lipinski definition) is 2. The van der Waals surface area contributed by atoms with E-state index in [0.717, 1.165) is 0 Å². The largest absolute Gasteiger partial charge is 0.374 e. The first-order valence-electron chi connectivity index (χ1n) is 5.05. The van der Waals surface area contributed by atoms with E-state index in [1.807, 2.05) is 0 Å². The lowest BCUT2D eigenvalue weighted by Crippen LogP contribution is -2.45. The number of rotatable bonds is 0. The lowest BCUT2D eigenvalue weighted by molar-refractivity contribution is -0.162. The van der Waals surface area contributed by atoms with E-state index in [4.69, 9.17) is 4.74 Å². The minimum absolute atomic E-state index is 0.139. The van der Waals surface area contributed by atoms with Crippen LogP contribution < -0.4 is 0 Å². The van der Waals surface area contributed by atoms with E-state index < -0.39 is 11.5 Å². The Labute approximate surface area is 81.6 Å². The standard InChI is InChI=1S/C10H14F2O2/c11-10(12)4-2-9(3-5-10)7-8(13)1-6-14-9/h1-7H2. The van der Waals surface area contributed by atoms with Gasteiger partial charge in [-0.05, 0) is 12.8 Å². The van der Waals surface area contributed by atoms with Crippen molar-refractivity contribution in [3.63, 3.8) is 0 Å². The molecule has 1 heterocycles. The molecule has 0 radical (unpaired) electrons. The molecular formula is C10H14F2O2. The van der Waals surface area contributed by atoms with Crippen LogP contribution in [-0.2, 0) is 9.53 Å². The molecule has 1 aliphatic heterocycles. The first-order chi connectivity index (χ1) is 6.52. The molecule has 0 aromatic heterocycles. The second kappa shape index (κ2) is 3.26. The minimum atomic E-state index is -2.55. The van der Waals surface area contributed by atoms with Crippen LogP contribution in [0, 0.1) is 0 Å². The van der Waals surface area contributed by atoms with Crippen molar-refractivity contribution >= 4 is 5.78 Å². The van der Waals surface area contributed by atoms with Crippen LogP contribution >= 0.6 is 0 Å². The minimum Gasteiger partial charge on any atom is -0.374 e. The van der Waals surface area contributed by atoms with Crippen LogP contribution in [-0.4, -0.2) is 23.9 Å². The maximum Gasteiger partial charge on any atom is 0.248 e. The lowest BCUT2D eigenvalue weighted by Gasteiger charge is -2.41. The molecule has 80 valence electrons. The number of Topliss-reactive ketones (excluding diaryl/α,β-unsaturated/α-hetero) is 1. The average Bonchev–Trinajstić information content (AvgIpc) is 2.12. The van der Waals surface area contributed by atoms with Gasteiger partial charge in [0.15, 0.2) is 0 Å². The van der Waals surface area contributed by atoms with Crippen LogP contribution in [0.4, 0.5) is 8.78 Å². The average molecular weight is 204 g/mol. The molecular weight excluding hydrogens is 190 g/mol. The van der Waals surface area contributed by atoms with Gasteiger partial charge < -0.3 is 4.74 Å². The number of hydrogen-bond donors (Lipinski definition) is 0. The Balaban J connectivity index is 2.01. The van der Waals surface area contributed by atoms with Crippen molar-refractivity contribution in [2.75, 3.05) is 6.61 Å². The van der Waals surface area contributed by atoms with Crippen LogP contribution in [0.3, 0.4) is 0 Å². The number of halogens is 2. The zero-order chi connectivity index (χ0) is 10.2. The molecule has 0 unspecified atom stereocenters. The smallest absolute Gasteiger partial charge is 0.248 e. The molecule has 0 aromatic carbocycles. The van der Waals surface area contributed by atoms with Crippen molar-refractivity contribution in [2.45, 2.75) is 50.0 Å². The number of alkyl halides is 2. The Morgan fingerprint density at radius 3 is 2.36 bits per heavy atom. The molecule has 0 N–H and O–H groups in total. The van der Waals surface area contributed by atoms with Crippen LogP contribution in [0.25, 0.3) is 0 Å². The van der Waals surface area contributed by atoms with Gasteiger partial charge in [-0.2, -0.15) is 0 Å². The molecule has 14 heavy (non-hydrogen) atoms. The lowest BCUT2D eigenvalue weighted by atomic mass is 9.78. The molecule has 1 saturated heterocycles. The zero-order valence-electron chi connectivity index (χ0n) is 8.02. The number of ether oxygens (including phenoxy) is 1. The van der Waals surface area contributed by atoms with Crippen LogP contribution in [0.5, 0.6) is 0 Å². The van der Waals surface area contributed by atoms with Gasteiger partial charge in [0.05, 0.1) is 12.2 Å². The first-order valence-corrected chi connectivity index (χ1v) is 5.05. The fraction of sp³-hybridized carbons (Fsp3) is 0.900. The van der Waals surface area contributed by atoms with E-state index in [0.29, 0.717) is 32.3 Å². The molecule has 2 nitrogen and oxygen atoms in total. The third kappa shape index (κ3) is 1.95. The van der Waals surface area contributed by atoms with Crippen LogP contribution in [0.1, 0.15) is 38.5 Å². The highest BCUT2D eigenvalue weighted by Gasteiger charge is 2.46. The van der Waals surface area contributed by atoms with Crippen molar-refractivity contribution < 1.29 is 18.3 Å². The molecule has 0 amide bonds. The predicted molar refractivity (Wildman–Crippen MR) is 46.3 cm³/mol. The molecule has 2 rings (SSSR count). The molecule has 2 aliphatic rings. The van der Waals surface area contributed by atoms with Gasteiger partial charge in [0.1, 0.15) is 5.78 Å². The number of carbonyl (C=O) groups excluding carboxylic acids is 1. The van der Waals surface area contributed by atoms with Gasteiger partial charge in [0.2, 0.25) is 5.92 Å². The molecule has 0 atom stereocenters. The second-order valence-electron chi connectivity index (χ2n) is 4.35. The topological polar surface area (TPSA) is 26.3 Å². The summed E-state index contributed by atoms with van der Waals surface area (Å²) in [5, 5.41) is 0. The van der Waals surface area contributed by atoms with Crippen molar-refractivity contribution in [3.05, 3.63) is 0 Å². The van der Waals surface area contributed by atoms with Gasteiger partial charge >= 0.3 is 0 Å². The van der Waals surface area contributed by atoms with Gasteiger partial charge in [0.25, 0.3) is 0 Å². The molecule has 0 aromatic rings. The summed E-state index contributed by atoms with van der Waals surface area (Å²) < 4.78 is 31.3. The third-order valence-electron chi connectivity index (χ3n) is 3.20. The van der Waals surface area contributed by atoms with Crippen molar-refractivity contribution in [3.8, 4) is 0 Å². The molecule has 1 saturated carbocycles. The highest BCUT2D eigenvalue weighted by molar-refractivity contribution is 5.80. The SMILES string of the molecule is O=C1CCOC2(CCC(F)(F)CC2)C1. The second-order valence-corrected chi connectivity index (χ2v) is 4.35. The molecule has 1 aliphatic carbocycles. The van der Waals surface area contributed by atoms with Crippen molar-refractivity contribution in [2.24, 2.45) is 0 Å². The normalized spacial score (nSPS) is 30.6. The van der Waals surface area contributed by atoms with Crippen LogP contribution in [0.2, 0.25) is 0 Å². The highest BCUT2D eigenvalue weighted by atomic mass is 19.3. The Hall–Kier alpha value is -0.510. The summed E-state index contributed by atoms with van der Waals surface area (Å²) in [5.74, 6) is -2.39. The fourth-order valence-electron chi connectivity index (χ4n) is 2.27. The fourth-order valence-corrected chi connectivity index (χ4v) is 2.27. The molecule has 1 spiro atoms. The van der Waals surface area contributed by atoms with Gasteiger partial charge in [0, 0.05) is 25.7 Å². The monoisotopic (exact) mass is 204 g/mol. The summed E-state index contributed by atoms with van der Waals surface area (Å²) in [6, 6.07) is 0. The summed E-state index contributed by atoms with van der Waals surface area (Å²) in [4.78, 5) is 11.2. The van der Waals surface area contributed by atoms with Crippen molar-refractivity contribution in [1.82, 2.24) is 0 Å². The Morgan fingerprint density at radius 2 is 1.79 bits per heavy atom. The molecule has 2 fully saturated rings. The van der Waals surface area contributed by atoms with E-state index in [9.17, 15) is 13.6 Å². The first kappa shape index (κ1) is 10.0. The van der Waals surface area contributed by atoms with Gasteiger partial charge in [-0.3, -0.25) is 4.79 Å². The van der Waals surface area contributed by atoms with Gasteiger partial charge in [-0.1, -0.05) is 0 Å².